The van der Waals surface area contributed by atoms with Crippen LogP contribution in [0.1, 0.15) is 47.7 Å². The van der Waals surface area contributed by atoms with Crippen LogP contribution in [0.2, 0.25) is 0 Å². The van der Waals surface area contributed by atoms with E-state index in [1.54, 1.807) is 0 Å². The van der Waals surface area contributed by atoms with Crippen LogP contribution in [0.25, 0.3) is 0 Å². The molecule has 1 heterocycles. The van der Waals surface area contributed by atoms with Crippen LogP contribution >= 0.6 is 0 Å². The third kappa shape index (κ3) is 2.56. The highest BCUT2D eigenvalue weighted by molar-refractivity contribution is 5.26. The second-order valence-electron chi connectivity index (χ2n) is 5.54. The van der Waals surface area contributed by atoms with Crippen molar-refractivity contribution in [3.05, 3.63) is 52.8 Å². The maximum Gasteiger partial charge on any atom is 0.0662 e. The van der Waals surface area contributed by atoms with Crippen molar-refractivity contribution in [1.29, 1.82) is 0 Å². The zero-order chi connectivity index (χ0) is 13.2. The molecular weight excluding hydrogens is 234 g/mol. The highest BCUT2D eigenvalue weighted by Gasteiger charge is 2.19. The lowest BCUT2D eigenvalue weighted by atomic mass is 10.1. The Morgan fingerprint density at radius 1 is 1.26 bits per heavy atom. The summed E-state index contributed by atoms with van der Waals surface area (Å²) in [5.41, 5.74) is 11.4. The molecular formula is C16H21N3. The van der Waals surface area contributed by atoms with Crippen molar-refractivity contribution in [2.45, 2.75) is 45.2 Å². The lowest BCUT2D eigenvalue weighted by Gasteiger charge is -2.10. The van der Waals surface area contributed by atoms with Crippen LogP contribution in [0.5, 0.6) is 0 Å². The zero-order valence-electron chi connectivity index (χ0n) is 11.5. The minimum Gasteiger partial charge on any atom is -0.324 e. The van der Waals surface area contributed by atoms with E-state index >= 15 is 0 Å². The molecule has 2 aromatic rings. The van der Waals surface area contributed by atoms with Gasteiger partial charge in [-0.05, 0) is 31.7 Å². The normalized spacial score (nSPS) is 18.9. The summed E-state index contributed by atoms with van der Waals surface area (Å²) in [5, 5.41) is 4.54. The van der Waals surface area contributed by atoms with Gasteiger partial charge in [0, 0.05) is 17.3 Å². The van der Waals surface area contributed by atoms with E-state index in [0.29, 0.717) is 0 Å². The van der Waals surface area contributed by atoms with Crippen LogP contribution in [-0.4, -0.2) is 9.78 Å². The Labute approximate surface area is 114 Å². The summed E-state index contributed by atoms with van der Waals surface area (Å²) in [7, 11) is 0. The fourth-order valence-electron chi connectivity index (χ4n) is 2.82. The molecule has 0 saturated carbocycles. The van der Waals surface area contributed by atoms with Crippen molar-refractivity contribution in [1.82, 2.24) is 9.78 Å². The molecule has 0 spiro atoms. The Kier molecular flexibility index (Phi) is 3.38. The molecule has 2 N–H and O–H groups in total. The number of aromatic nitrogens is 2. The van der Waals surface area contributed by atoms with E-state index in [4.69, 9.17) is 5.73 Å². The summed E-state index contributed by atoms with van der Waals surface area (Å²) in [6.45, 7) is 2.96. The summed E-state index contributed by atoms with van der Waals surface area (Å²) in [6.07, 6.45) is 6.61. The van der Waals surface area contributed by atoms with Gasteiger partial charge in [-0.3, -0.25) is 4.68 Å². The Morgan fingerprint density at radius 2 is 2.05 bits per heavy atom. The van der Waals surface area contributed by atoms with Crippen molar-refractivity contribution >= 4 is 0 Å². The van der Waals surface area contributed by atoms with Gasteiger partial charge in [-0.2, -0.15) is 5.10 Å². The molecule has 0 radical (unpaired) electrons. The number of nitrogens with zero attached hydrogens (tertiary/aromatic N) is 2. The quantitative estimate of drug-likeness (QED) is 0.838. The zero-order valence-corrected chi connectivity index (χ0v) is 11.5. The summed E-state index contributed by atoms with van der Waals surface area (Å²) >= 11 is 0. The Morgan fingerprint density at radius 3 is 2.84 bits per heavy atom. The fraction of sp³-hybridized carbons (Fsp3) is 0.438. The van der Waals surface area contributed by atoms with Crippen LogP contribution in [0.4, 0.5) is 0 Å². The van der Waals surface area contributed by atoms with Gasteiger partial charge in [0.05, 0.1) is 12.7 Å². The molecule has 1 aromatic carbocycles. The van der Waals surface area contributed by atoms with Gasteiger partial charge in [0.15, 0.2) is 0 Å². The molecule has 0 aliphatic heterocycles. The first-order valence-electron chi connectivity index (χ1n) is 7.10. The number of benzene rings is 1. The van der Waals surface area contributed by atoms with Gasteiger partial charge in [0.25, 0.3) is 0 Å². The molecule has 3 rings (SSSR count). The van der Waals surface area contributed by atoms with E-state index in [2.05, 4.69) is 41.0 Å². The van der Waals surface area contributed by atoms with Gasteiger partial charge < -0.3 is 5.73 Å². The maximum atomic E-state index is 6.22. The van der Waals surface area contributed by atoms with Crippen LogP contribution in [0.15, 0.2) is 30.5 Å². The minimum absolute atomic E-state index is 0.171. The summed E-state index contributed by atoms with van der Waals surface area (Å²) in [4.78, 5) is 0. The number of hydrogen-bond acceptors (Lipinski definition) is 2. The SMILES string of the molecule is Cc1ccc(Cn2ncc3c2CCCCC3N)cc1. The average Bonchev–Trinajstić information content (AvgIpc) is 2.71. The van der Waals surface area contributed by atoms with E-state index in [9.17, 15) is 0 Å². The molecule has 0 bridgehead atoms. The van der Waals surface area contributed by atoms with E-state index in [-0.39, 0.29) is 6.04 Å². The molecule has 0 amide bonds. The number of fused-ring (bicyclic) bond motifs is 1. The number of hydrogen-bond donors (Lipinski definition) is 1. The summed E-state index contributed by atoms with van der Waals surface area (Å²) < 4.78 is 2.13. The first-order chi connectivity index (χ1) is 9.24. The smallest absolute Gasteiger partial charge is 0.0662 e. The van der Waals surface area contributed by atoms with Crippen LogP contribution < -0.4 is 5.73 Å². The molecule has 0 fully saturated rings. The first kappa shape index (κ1) is 12.4. The largest absolute Gasteiger partial charge is 0.324 e. The summed E-state index contributed by atoms with van der Waals surface area (Å²) in [5.74, 6) is 0. The van der Waals surface area contributed by atoms with Crippen molar-refractivity contribution in [3.8, 4) is 0 Å². The van der Waals surface area contributed by atoms with Crippen LogP contribution in [-0.2, 0) is 13.0 Å². The molecule has 0 saturated heterocycles. The van der Waals surface area contributed by atoms with Crippen molar-refractivity contribution in [3.63, 3.8) is 0 Å². The monoisotopic (exact) mass is 255 g/mol. The molecule has 1 unspecified atom stereocenters. The molecule has 1 aliphatic carbocycles. The van der Waals surface area contributed by atoms with Crippen LogP contribution in [0.3, 0.4) is 0 Å². The highest BCUT2D eigenvalue weighted by Crippen LogP contribution is 2.27. The van der Waals surface area contributed by atoms with Crippen molar-refractivity contribution < 1.29 is 0 Å². The molecule has 1 aromatic heterocycles. The van der Waals surface area contributed by atoms with E-state index < -0.39 is 0 Å². The standard InChI is InChI=1S/C16H21N3/c1-12-6-8-13(9-7-12)11-19-16-5-3-2-4-15(17)14(16)10-18-19/h6-10,15H,2-5,11,17H2,1H3. The fourth-order valence-corrected chi connectivity index (χ4v) is 2.82. The number of rotatable bonds is 2. The van der Waals surface area contributed by atoms with Gasteiger partial charge >= 0.3 is 0 Å². The van der Waals surface area contributed by atoms with E-state index in [1.807, 2.05) is 6.20 Å². The lowest BCUT2D eigenvalue weighted by molar-refractivity contribution is 0.602. The Hall–Kier alpha value is -1.61. The minimum atomic E-state index is 0.171. The molecule has 19 heavy (non-hydrogen) atoms. The van der Waals surface area contributed by atoms with Gasteiger partial charge in [-0.1, -0.05) is 36.2 Å². The van der Waals surface area contributed by atoms with Crippen molar-refractivity contribution in [2.75, 3.05) is 0 Å². The Bertz CT molecular complexity index is 554. The maximum absolute atomic E-state index is 6.22. The van der Waals surface area contributed by atoms with E-state index in [1.165, 1.54) is 35.2 Å². The predicted molar refractivity (Wildman–Crippen MR) is 77.0 cm³/mol. The van der Waals surface area contributed by atoms with Crippen LogP contribution in [0, 0.1) is 6.92 Å². The molecule has 3 heteroatoms. The lowest BCUT2D eigenvalue weighted by Crippen LogP contribution is -2.11. The third-order valence-corrected chi connectivity index (χ3v) is 4.01. The second-order valence-corrected chi connectivity index (χ2v) is 5.54. The second kappa shape index (κ2) is 5.17. The first-order valence-corrected chi connectivity index (χ1v) is 7.10. The van der Waals surface area contributed by atoms with Crippen molar-refractivity contribution in [2.24, 2.45) is 5.73 Å². The molecule has 1 aliphatic rings. The topological polar surface area (TPSA) is 43.8 Å². The van der Waals surface area contributed by atoms with Gasteiger partial charge in [-0.15, -0.1) is 0 Å². The van der Waals surface area contributed by atoms with Gasteiger partial charge in [0.1, 0.15) is 0 Å². The predicted octanol–water partition coefficient (Wildman–Crippen LogP) is 2.97. The van der Waals surface area contributed by atoms with Gasteiger partial charge in [-0.25, -0.2) is 0 Å². The third-order valence-electron chi connectivity index (χ3n) is 4.01. The molecule has 3 nitrogen and oxygen atoms in total. The highest BCUT2D eigenvalue weighted by atomic mass is 15.3. The average molecular weight is 255 g/mol. The summed E-state index contributed by atoms with van der Waals surface area (Å²) in [6, 6.07) is 8.84. The van der Waals surface area contributed by atoms with Gasteiger partial charge in [0.2, 0.25) is 0 Å². The molecule has 1 atom stereocenters. The Balaban J connectivity index is 1.87. The van der Waals surface area contributed by atoms with E-state index in [0.717, 1.165) is 19.4 Å². The molecule has 100 valence electrons. The number of aryl methyl sites for hydroxylation is 1. The number of nitrogens with two attached hydrogens (primary N) is 1.